The van der Waals surface area contributed by atoms with E-state index in [9.17, 15) is 0 Å². The van der Waals surface area contributed by atoms with Gasteiger partial charge in [0.05, 0.1) is 0 Å². The van der Waals surface area contributed by atoms with Gasteiger partial charge >= 0.3 is 0 Å². The first-order chi connectivity index (χ1) is 2.81. The van der Waals surface area contributed by atoms with Crippen molar-refractivity contribution in [2.75, 3.05) is 14.2 Å². The summed E-state index contributed by atoms with van der Waals surface area (Å²) in [7, 11) is 3.52. The molecule has 0 bridgehead atoms. The number of hydrogen-bond donors (Lipinski definition) is 1. The second kappa shape index (κ2) is 3.12. The maximum absolute atomic E-state index is 4.79. The van der Waals surface area contributed by atoms with Crippen LogP contribution in [0.15, 0.2) is 0 Å². The highest BCUT2D eigenvalue weighted by Gasteiger charge is 1.86. The predicted molar refractivity (Wildman–Crippen MR) is 25.5 cm³/mol. The molecule has 0 rings (SSSR count). The third-order valence-electron chi connectivity index (χ3n) is 0.760. The molecule has 0 fully saturated rings. The summed E-state index contributed by atoms with van der Waals surface area (Å²) in [6.45, 7) is 1.94. The number of rotatable bonds is 2. The van der Waals surface area contributed by atoms with Gasteiger partial charge in [0, 0.05) is 7.11 Å². The second-order valence-electron chi connectivity index (χ2n) is 1.17. The van der Waals surface area contributed by atoms with Crippen LogP contribution in [0.2, 0.25) is 0 Å². The molecule has 0 aromatic rings. The number of ether oxygens (including phenoxy) is 1. The van der Waals surface area contributed by atoms with E-state index in [2.05, 4.69) is 5.32 Å². The maximum atomic E-state index is 4.79. The van der Waals surface area contributed by atoms with Crippen LogP contribution in [0.3, 0.4) is 0 Å². The van der Waals surface area contributed by atoms with Gasteiger partial charge < -0.3 is 4.74 Å². The van der Waals surface area contributed by atoms with Gasteiger partial charge in [0.1, 0.15) is 6.23 Å². The molecule has 1 unspecified atom stereocenters. The van der Waals surface area contributed by atoms with Crippen LogP contribution in [0.1, 0.15) is 6.92 Å². The molecule has 38 valence electrons. The molecule has 0 amide bonds. The Hall–Kier alpha value is -0.0800. The van der Waals surface area contributed by atoms with Crippen LogP contribution in [-0.2, 0) is 4.74 Å². The molecule has 0 saturated heterocycles. The fourth-order valence-corrected chi connectivity index (χ4v) is 0.118. The first kappa shape index (κ1) is 5.92. The summed E-state index contributed by atoms with van der Waals surface area (Å²) >= 11 is 0. The lowest BCUT2D eigenvalue weighted by atomic mass is 10.7. The van der Waals surface area contributed by atoms with E-state index in [0.29, 0.717) is 0 Å². The standard InChI is InChI=1S/C4H11NO/c1-4(5-2)6-3/h4-5H,1-3H3. The Morgan fingerprint density at radius 1 is 1.67 bits per heavy atom. The minimum Gasteiger partial charge on any atom is -0.367 e. The van der Waals surface area contributed by atoms with Gasteiger partial charge in [-0.15, -0.1) is 0 Å². The summed E-state index contributed by atoms with van der Waals surface area (Å²) in [5.41, 5.74) is 0. The highest BCUT2D eigenvalue weighted by molar-refractivity contribution is 4.33. The van der Waals surface area contributed by atoms with Crippen molar-refractivity contribution in [1.29, 1.82) is 0 Å². The van der Waals surface area contributed by atoms with Crippen LogP contribution in [0.5, 0.6) is 0 Å². The molecule has 0 aromatic heterocycles. The van der Waals surface area contributed by atoms with Crippen molar-refractivity contribution < 1.29 is 4.74 Å². The third kappa shape index (κ3) is 2.18. The van der Waals surface area contributed by atoms with Gasteiger partial charge in [0.2, 0.25) is 0 Å². The van der Waals surface area contributed by atoms with Crippen molar-refractivity contribution in [3.05, 3.63) is 0 Å². The maximum Gasteiger partial charge on any atom is 0.104 e. The lowest BCUT2D eigenvalue weighted by Gasteiger charge is -2.04. The Bertz CT molecular complexity index is 26.7. The van der Waals surface area contributed by atoms with E-state index in [0.717, 1.165) is 0 Å². The Morgan fingerprint density at radius 3 is 2.17 bits per heavy atom. The highest BCUT2D eigenvalue weighted by atomic mass is 16.5. The minimum atomic E-state index is 0.185. The number of nitrogens with one attached hydrogen (secondary N) is 1. The Kier molecular flexibility index (Phi) is 3.08. The summed E-state index contributed by atoms with van der Waals surface area (Å²) in [4.78, 5) is 0. The average molecular weight is 89.1 g/mol. The molecular formula is C4H11NO. The largest absolute Gasteiger partial charge is 0.367 e. The van der Waals surface area contributed by atoms with E-state index in [4.69, 9.17) is 4.74 Å². The van der Waals surface area contributed by atoms with Gasteiger partial charge in [-0.1, -0.05) is 0 Å². The van der Waals surface area contributed by atoms with Crippen LogP contribution >= 0.6 is 0 Å². The lowest BCUT2D eigenvalue weighted by molar-refractivity contribution is 0.0966. The van der Waals surface area contributed by atoms with Gasteiger partial charge in [-0.3, -0.25) is 5.32 Å². The van der Waals surface area contributed by atoms with Crippen LogP contribution in [-0.4, -0.2) is 20.4 Å². The summed E-state index contributed by atoms with van der Waals surface area (Å²) in [5.74, 6) is 0. The molecule has 2 nitrogen and oxygen atoms in total. The Morgan fingerprint density at radius 2 is 2.17 bits per heavy atom. The van der Waals surface area contributed by atoms with E-state index in [1.54, 1.807) is 7.11 Å². The van der Waals surface area contributed by atoms with Crippen LogP contribution in [0.25, 0.3) is 0 Å². The van der Waals surface area contributed by atoms with Crippen molar-refractivity contribution in [3.8, 4) is 0 Å². The Balaban J connectivity index is 2.75. The number of hydrogen-bond acceptors (Lipinski definition) is 2. The fraction of sp³-hybridized carbons (Fsp3) is 1.00. The topological polar surface area (TPSA) is 21.3 Å². The number of methoxy groups -OCH3 is 1. The molecule has 0 aromatic carbocycles. The van der Waals surface area contributed by atoms with Gasteiger partial charge in [-0.2, -0.15) is 0 Å². The second-order valence-corrected chi connectivity index (χ2v) is 1.17. The van der Waals surface area contributed by atoms with Crippen LogP contribution < -0.4 is 5.32 Å². The van der Waals surface area contributed by atoms with Crippen molar-refractivity contribution >= 4 is 0 Å². The zero-order valence-electron chi connectivity index (χ0n) is 4.49. The predicted octanol–water partition coefficient (Wildman–Crippen LogP) is 0.198. The summed E-state index contributed by atoms with van der Waals surface area (Å²) in [6, 6.07) is 0. The highest BCUT2D eigenvalue weighted by Crippen LogP contribution is 1.73. The van der Waals surface area contributed by atoms with Crippen LogP contribution in [0.4, 0.5) is 0 Å². The molecule has 1 atom stereocenters. The van der Waals surface area contributed by atoms with Gasteiger partial charge in [-0.25, -0.2) is 0 Å². The molecule has 0 saturated carbocycles. The van der Waals surface area contributed by atoms with E-state index < -0.39 is 0 Å². The Labute approximate surface area is 38.5 Å². The lowest BCUT2D eigenvalue weighted by Crippen LogP contribution is -2.22. The molecule has 0 radical (unpaired) electrons. The zero-order chi connectivity index (χ0) is 4.99. The fourth-order valence-electron chi connectivity index (χ4n) is 0.118. The zero-order valence-corrected chi connectivity index (χ0v) is 4.49. The first-order valence-electron chi connectivity index (χ1n) is 2.01. The monoisotopic (exact) mass is 89.1 g/mol. The van der Waals surface area contributed by atoms with Gasteiger partial charge in [0.15, 0.2) is 0 Å². The molecule has 2 heteroatoms. The normalized spacial score (nSPS) is 14.5. The quantitative estimate of drug-likeness (QED) is 0.488. The smallest absolute Gasteiger partial charge is 0.104 e. The molecule has 1 N–H and O–H groups in total. The molecule has 0 aliphatic rings. The van der Waals surface area contributed by atoms with Crippen LogP contribution in [0, 0.1) is 0 Å². The van der Waals surface area contributed by atoms with Crippen molar-refractivity contribution in [2.24, 2.45) is 0 Å². The van der Waals surface area contributed by atoms with Crippen molar-refractivity contribution in [1.82, 2.24) is 5.32 Å². The third-order valence-corrected chi connectivity index (χ3v) is 0.760. The molecule has 0 aliphatic carbocycles. The molecule has 0 spiro atoms. The van der Waals surface area contributed by atoms with Crippen molar-refractivity contribution in [3.63, 3.8) is 0 Å². The molecule has 0 heterocycles. The molecular weight excluding hydrogens is 78.0 g/mol. The average Bonchev–Trinajstić information content (AvgIpc) is 1.65. The van der Waals surface area contributed by atoms with E-state index in [1.807, 2.05) is 14.0 Å². The van der Waals surface area contributed by atoms with E-state index in [-0.39, 0.29) is 6.23 Å². The van der Waals surface area contributed by atoms with E-state index >= 15 is 0 Å². The van der Waals surface area contributed by atoms with Gasteiger partial charge in [-0.05, 0) is 14.0 Å². The first-order valence-corrected chi connectivity index (χ1v) is 2.01. The minimum absolute atomic E-state index is 0.185. The summed E-state index contributed by atoms with van der Waals surface area (Å²) in [5, 5.41) is 2.89. The SMILES string of the molecule is CNC(C)OC. The molecule has 0 aliphatic heterocycles. The van der Waals surface area contributed by atoms with Gasteiger partial charge in [0.25, 0.3) is 0 Å². The summed E-state index contributed by atoms with van der Waals surface area (Å²) < 4.78 is 4.79. The molecule has 6 heavy (non-hydrogen) atoms. The van der Waals surface area contributed by atoms with Crippen molar-refractivity contribution in [2.45, 2.75) is 13.2 Å². The summed E-state index contributed by atoms with van der Waals surface area (Å²) in [6.07, 6.45) is 0.185. The van der Waals surface area contributed by atoms with E-state index in [1.165, 1.54) is 0 Å².